The molecule has 0 bridgehead atoms. The Hall–Kier alpha value is -2.13. The number of ether oxygens (including phenoxy) is 3. The number of alkyl halides is 2. The Bertz CT molecular complexity index is 699. The first-order chi connectivity index (χ1) is 14.5. The first-order valence-corrected chi connectivity index (χ1v) is 10.5. The predicted molar refractivity (Wildman–Crippen MR) is 113 cm³/mol. The van der Waals surface area contributed by atoms with Crippen LogP contribution in [0, 0.1) is 0 Å². The third-order valence-electron chi connectivity index (χ3n) is 5.66. The normalized spacial score (nSPS) is 21.7. The van der Waals surface area contributed by atoms with E-state index in [0.29, 0.717) is 32.0 Å². The summed E-state index contributed by atoms with van der Waals surface area (Å²) in [7, 11) is 1.73. The number of hydrogen-bond acceptors (Lipinski definition) is 5. The first kappa shape index (κ1) is 22.6. The number of nitrogens with one attached hydrogen (secondary N) is 2. The van der Waals surface area contributed by atoms with Gasteiger partial charge in [0.1, 0.15) is 5.75 Å². The van der Waals surface area contributed by atoms with Gasteiger partial charge in [0, 0.05) is 58.8 Å². The highest BCUT2D eigenvalue weighted by Gasteiger charge is 2.33. The number of methoxy groups -OCH3 is 1. The van der Waals surface area contributed by atoms with Crippen molar-refractivity contribution in [3.8, 4) is 5.75 Å². The lowest BCUT2D eigenvalue weighted by atomic mass is 9.94. The standard InChI is InChI=1S/C21H32F2N4O3/c1-3-24-20(25-15-21(28-2)9-12-29-13-10-21)26-16-8-11-27(14-16)17-6-4-5-7-18(17)30-19(22)23/h4-7,16,19H,3,8-15H2,1-2H3,(H2,24,25,26). The summed E-state index contributed by atoms with van der Waals surface area (Å²) in [5.41, 5.74) is 0.401. The van der Waals surface area contributed by atoms with Crippen molar-refractivity contribution in [3.05, 3.63) is 24.3 Å². The third kappa shape index (κ3) is 5.95. The fourth-order valence-electron chi connectivity index (χ4n) is 3.92. The summed E-state index contributed by atoms with van der Waals surface area (Å²) in [5.74, 6) is 0.944. The van der Waals surface area contributed by atoms with Gasteiger partial charge < -0.3 is 29.7 Å². The van der Waals surface area contributed by atoms with E-state index in [1.54, 1.807) is 19.2 Å². The van der Waals surface area contributed by atoms with Crippen molar-refractivity contribution in [3.63, 3.8) is 0 Å². The summed E-state index contributed by atoms with van der Waals surface area (Å²) < 4.78 is 41.4. The van der Waals surface area contributed by atoms with Crippen molar-refractivity contribution in [2.75, 3.05) is 51.4 Å². The first-order valence-electron chi connectivity index (χ1n) is 10.5. The van der Waals surface area contributed by atoms with E-state index in [1.807, 2.05) is 19.1 Å². The molecule has 2 saturated heterocycles. The molecule has 2 aliphatic heterocycles. The molecule has 1 aromatic rings. The number of hydrogen-bond donors (Lipinski definition) is 2. The highest BCUT2D eigenvalue weighted by Crippen LogP contribution is 2.32. The second-order valence-electron chi connectivity index (χ2n) is 7.62. The number of benzene rings is 1. The van der Waals surface area contributed by atoms with E-state index in [1.165, 1.54) is 0 Å². The molecule has 0 radical (unpaired) electrons. The van der Waals surface area contributed by atoms with Gasteiger partial charge in [-0.25, -0.2) is 0 Å². The number of aliphatic imine (C=N–C) groups is 1. The molecular formula is C21H32F2N4O3. The minimum atomic E-state index is -2.84. The molecule has 3 rings (SSSR count). The number of rotatable bonds is 8. The third-order valence-corrected chi connectivity index (χ3v) is 5.66. The summed E-state index contributed by atoms with van der Waals surface area (Å²) in [6.07, 6.45) is 2.52. The van der Waals surface area contributed by atoms with Crippen LogP contribution in [0.15, 0.2) is 29.3 Å². The van der Waals surface area contributed by atoms with E-state index < -0.39 is 6.61 Å². The molecule has 1 unspecified atom stereocenters. The van der Waals surface area contributed by atoms with E-state index in [4.69, 9.17) is 14.5 Å². The molecule has 0 aromatic heterocycles. The highest BCUT2D eigenvalue weighted by molar-refractivity contribution is 5.80. The number of halogens is 2. The average Bonchev–Trinajstić information content (AvgIpc) is 3.21. The van der Waals surface area contributed by atoms with Gasteiger partial charge in [0.2, 0.25) is 0 Å². The number of anilines is 1. The van der Waals surface area contributed by atoms with Crippen LogP contribution in [0.1, 0.15) is 26.2 Å². The molecule has 168 valence electrons. The Kier molecular flexibility index (Phi) is 8.09. The van der Waals surface area contributed by atoms with E-state index in [9.17, 15) is 8.78 Å². The van der Waals surface area contributed by atoms with Crippen molar-refractivity contribution in [2.24, 2.45) is 4.99 Å². The van der Waals surface area contributed by atoms with Gasteiger partial charge in [-0.15, -0.1) is 0 Å². The van der Waals surface area contributed by atoms with Crippen molar-refractivity contribution in [1.29, 1.82) is 0 Å². The molecule has 30 heavy (non-hydrogen) atoms. The molecule has 2 N–H and O–H groups in total. The van der Waals surface area contributed by atoms with E-state index in [2.05, 4.69) is 20.3 Å². The van der Waals surface area contributed by atoms with Gasteiger partial charge in [0.15, 0.2) is 5.96 Å². The summed E-state index contributed by atoms with van der Waals surface area (Å²) in [6, 6.07) is 7.07. The Morgan fingerprint density at radius 1 is 1.33 bits per heavy atom. The molecule has 1 atom stereocenters. The fourth-order valence-corrected chi connectivity index (χ4v) is 3.92. The molecule has 2 heterocycles. The van der Waals surface area contributed by atoms with Crippen LogP contribution in [0.2, 0.25) is 0 Å². The van der Waals surface area contributed by atoms with E-state index in [0.717, 1.165) is 38.3 Å². The Balaban J connectivity index is 1.62. The quantitative estimate of drug-likeness (QED) is 0.492. The second kappa shape index (κ2) is 10.8. The maximum absolute atomic E-state index is 12.7. The highest BCUT2D eigenvalue weighted by atomic mass is 19.3. The predicted octanol–water partition coefficient (Wildman–Crippen LogP) is 2.62. The second-order valence-corrected chi connectivity index (χ2v) is 7.62. The smallest absolute Gasteiger partial charge is 0.387 e. The van der Waals surface area contributed by atoms with Crippen molar-refractivity contribution < 1.29 is 23.0 Å². The zero-order valence-corrected chi connectivity index (χ0v) is 17.7. The minimum Gasteiger partial charge on any atom is -0.433 e. The Morgan fingerprint density at radius 2 is 2.10 bits per heavy atom. The van der Waals surface area contributed by atoms with Crippen LogP contribution in [-0.4, -0.2) is 70.7 Å². The SMILES string of the molecule is CCNC(=NCC1(OC)CCOCC1)NC1CCN(c2ccccc2OC(F)F)C1. The molecule has 0 aliphatic carbocycles. The van der Waals surface area contributed by atoms with Crippen LogP contribution in [0.3, 0.4) is 0 Å². The van der Waals surface area contributed by atoms with Crippen molar-refractivity contribution in [2.45, 2.75) is 44.4 Å². The number of nitrogens with zero attached hydrogens (tertiary/aromatic N) is 2. The molecule has 9 heteroatoms. The zero-order valence-electron chi connectivity index (χ0n) is 17.7. The molecule has 0 amide bonds. The Morgan fingerprint density at radius 3 is 2.80 bits per heavy atom. The van der Waals surface area contributed by atoms with E-state index >= 15 is 0 Å². The van der Waals surface area contributed by atoms with E-state index in [-0.39, 0.29) is 17.4 Å². The summed E-state index contributed by atoms with van der Waals surface area (Å²) in [4.78, 5) is 6.83. The monoisotopic (exact) mass is 426 g/mol. The minimum absolute atomic E-state index is 0.149. The molecular weight excluding hydrogens is 394 g/mol. The van der Waals surface area contributed by atoms with Gasteiger partial charge in [0.05, 0.1) is 17.8 Å². The lowest BCUT2D eigenvalue weighted by Gasteiger charge is -2.34. The maximum atomic E-state index is 12.7. The van der Waals surface area contributed by atoms with Gasteiger partial charge >= 0.3 is 6.61 Å². The van der Waals surface area contributed by atoms with Crippen LogP contribution >= 0.6 is 0 Å². The van der Waals surface area contributed by atoms with Crippen LogP contribution in [0.25, 0.3) is 0 Å². The van der Waals surface area contributed by atoms with Gasteiger partial charge in [-0.3, -0.25) is 4.99 Å². The Labute approximate surface area is 176 Å². The summed E-state index contributed by atoms with van der Waals surface area (Å²) >= 11 is 0. The summed E-state index contributed by atoms with van der Waals surface area (Å²) in [5, 5.41) is 6.77. The van der Waals surface area contributed by atoms with Crippen LogP contribution in [0.5, 0.6) is 5.75 Å². The molecule has 7 nitrogen and oxygen atoms in total. The van der Waals surface area contributed by atoms with Crippen LogP contribution < -0.4 is 20.3 Å². The summed E-state index contributed by atoms with van der Waals surface area (Å²) in [6.45, 7) is 3.29. The average molecular weight is 427 g/mol. The zero-order chi connectivity index (χ0) is 21.4. The molecule has 1 aromatic carbocycles. The van der Waals surface area contributed by atoms with Gasteiger partial charge in [-0.1, -0.05) is 12.1 Å². The van der Waals surface area contributed by atoms with Crippen LogP contribution in [0.4, 0.5) is 14.5 Å². The number of para-hydroxylation sites is 2. The maximum Gasteiger partial charge on any atom is 0.387 e. The van der Waals surface area contributed by atoms with Gasteiger partial charge in [-0.2, -0.15) is 8.78 Å². The van der Waals surface area contributed by atoms with Crippen molar-refractivity contribution in [1.82, 2.24) is 10.6 Å². The van der Waals surface area contributed by atoms with Gasteiger partial charge in [-0.05, 0) is 25.5 Å². The molecule has 2 fully saturated rings. The topological polar surface area (TPSA) is 67.4 Å². The lowest BCUT2D eigenvalue weighted by Crippen LogP contribution is -2.47. The van der Waals surface area contributed by atoms with Crippen LogP contribution in [-0.2, 0) is 9.47 Å². The lowest BCUT2D eigenvalue weighted by molar-refractivity contribution is -0.0828. The largest absolute Gasteiger partial charge is 0.433 e. The molecule has 0 saturated carbocycles. The van der Waals surface area contributed by atoms with Crippen molar-refractivity contribution >= 4 is 11.6 Å². The van der Waals surface area contributed by atoms with Gasteiger partial charge in [0.25, 0.3) is 0 Å². The molecule has 0 spiro atoms. The fraction of sp³-hybridized carbons (Fsp3) is 0.667. The molecule has 2 aliphatic rings. The number of guanidine groups is 1.